The van der Waals surface area contributed by atoms with Gasteiger partial charge in [-0.3, -0.25) is 0 Å². The molecule has 0 atom stereocenters. The molecule has 2 heteroatoms. The van der Waals surface area contributed by atoms with E-state index < -0.39 is 0 Å². The molecule has 0 radical (unpaired) electrons. The van der Waals surface area contributed by atoms with Gasteiger partial charge in [0.25, 0.3) is 0 Å². The summed E-state index contributed by atoms with van der Waals surface area (Å²) < 4.78 is 0. The summed E-state index contributed by atoms with van der Waals surface area (Å²) in [5, 5.41) is 2.15. The molecule has 0 unspecified atom stereocenters. The van der Waals surface area contributed by atoms with Crippen LogP contribution in [0.3, 0.4) is 0 Å². The Bertz CT molecular complexity index is 192. The van der Waals surface area contributed by atoms with Crippen LogP contribution in [0.4, 0.5) is 0 Å². The van der Waals surface area contributed by atoms with E-state index in [9.17, 15) is 0 Å². The van der Waals surface area contributed by atoms with Crippen molar-refractivity contribution in [1.29, 1.82) is 0 Å². The van der Waals surface area contributed by atoms with Crippen molar-refractivity contribution in [1.82, 2.24) is 4.90 Å². The van der Waals surface area contributed by atoms with Crippen molar-refractivity contribution < 1.29 is 0 Å². The summed E-state index contributed by atoms with van der Waals surface area (Å²) in [5.41, 5.74) is 0. The second kappa shape index (κ2) is 5.33. The van der Waals surface area contributed by atoms with Crippen molar-refractivity contribution in [3.63, 3.8) is 0 Å². The molecule has 0 N–H and O–H groups in total. The van der Waals surface area contributed by atoms with Crippen LogP contribution in [0.1, 0.15) is 17.7 Å². The molecule has 0 amide bonds. The Balaban J connectivity index is 2.04. The van der Waals surface area contributed by atoms with E-state index in [1.165, 1.54) is 30.7 Å². The molecule has 0 aliphatic heterocycles. The molecule has 0 spiro atoms. The van der Waals surface area contributed by atoms with Crippen molar-refractivity contribution in [2.75, 3.05) is 20.6 Å². The monoisotopic (exact) mass is 183 g/mol. The van der Waals surface area contributed by atoms with Crippen LogP contribution in [0.2, 0.25) is 0 Å². The van der Waals surface area contributed by atoms with Gasteiger partial charge in [-0.05, 0) is 51.3 Å². The molecule has 1 aromatic heterocycles. The zero-order chi connectivity index (χ0) is 8.81. The molecule has 1 aromatic rings. The highest BCUT2D eigenvalue weighted by molar-refractivity contribution is 7.09. The van der Waals surface area contributed by atoms with Gasteiger partial charge >= 0.3 is 0 Å². The summed E-state index contributed by atoms with van der Waals surface area (Å²) in [7, 11) is 4.26. The lowest BCUT2D eigenvalue weighted by Gasteiger charge is -2.07. The minimum atomic E-state index is 1.21. The Morgan fingerprint density at radius 1 is 1.33 bits per heavy atom. The third-order valence-electron chi connectivity index (χ3n) is 1.86. The summed E-state index contributed by atoms with van der Waals surface area (Å²) in [4.78, 5) is 3.77. The first-order valence-corrected chi connectivity index (χ1v) is 5.34. The molecule has 1 nitrogen and oxygen atoms in total. The van der Waals surface area contributed by atoms with Crippen LogP contribution in [-0.4, -0.2) is 25.5 Å². The second-order valence-electron chi connectivity index (χ2n) is 3.34. The average molecular weight is 183 g/mol. The zero-order valence-electron chi connectivity index (χ0n) is 7.92. The summed E-state index contributed by atoms with van der Waals surface area (Å²) in [6, 6.07) is 4.35. The highest BCUT2D eigenvalue weighted by Gasteiger charge is 1.94. The first-order chi connectivity index (χ1) is 5.79. The van der Waals surface area contributed by atoms with Crippen LogP contribution < -0.4 is 0 Å². The molecule has 12 heavy (non-hydrogen) atoms. The van der Waals surface area contributed by atoms with E-state index in [-0.39, 0.29) is 0 Å². The van der Waals surface area contributed by atoms with Gasteiger partial charge in [-0.2, -0.15) is 0 Å². The van der Waals surface area contributed by atoms with Crippen LogP contribution in [0.5, 0.6) is 0 Å². The minimum absolute atomic E-state index is 1.21. The van der Waals surface area contributed by atoms with Crippen LogP contribution in [-0.2, 0) is 6.42 Å². The van der Waals surface area contributed by atoms with Crippen molar-refractivity contribution >= 4 is 11.3 Å². The summed E-state index contributed by atoms with van der Waals surface area (Å²) >= 11 is 1.87. The van der Waals surface area contributed by atoms with Crippen LogP contribution in [0, 0.1) is 0 Å². The minimum Gasteiger partial charge on any atom is -0.309 e. The lowest BCUT2D eigenvalue weighted by molar-refractivity contribution is 0.394. The number of hydrogen-bond acceptors (Lipinski definition) is 2. The van der Waals surface area contributed by atoms with Gasteiger partial charge in [-0.15, -0.1) is 11.3 Å². The second-order valence-corrected chi connectivity index (χ2v) is 4.37. The van der Waals surface area contributed by atoms with Gasteiger partial charge in [0.05, 0.1) is 0 Å². The highest BCUT2D eigenvalue weighted by Crippen LogP contribution is 2.11. The van der Waals surface area contributed by atoms with Crippen molar-refractivity contribution in [2.24, 2.45) is 0 Å². The van der Waals surface area contributed by atoms with E-state index in [1.54, 1.807) is 0 Å². The van der Waals surface area contributed by atoms with Crippen LogP contribution in [0.15, 0.2) is 17.5 Å². The van der Waals surface area contributed by atoms with Gasteiger partial charge in [0, 0.05) is 4.88 Å². The Morgan fingerprint density at radius 3 is 2.75 bits per heavy atom. The Hall–Kier alpha value is -0.340. The molecule has 0 bridgehead atoms. The Labute approximate surface area is 79.0 Å². The first kappa shape index (κ1) is 9.75. The van der Waals surface area contributed by atoms with E-state index in [1.807, 2.05) is 11.3 Å². The van der Waals surface area contributed by atoms with Gasteiger partial charge < -0.3 is 4.90 Å². The van der Waals surface area contributed by atoms with E-state index >= 15 is 0 Å². The number of thiophene rings is 1. The maximum absolute atomic E-state index is 2.24. The lowest BCUT2D eigenvalue weighted by atomic mass is 10.2. The average Bonchev–Trinajstić information content (AvgIpc) is 2.49. The molecular weight excluding hydrogens is 166 g/mol. The van der Waals surface area contributed by atoms with Crippen molar-refractivity contribution in [2.45, 2.75) is 19.3 Å². The summed E-state index contributed by atoms with van der Waals surface area (Å²) in [6.45, 7) is 1.21. The fraction of sp³-hybridized carbons (Fsp3) is 0.600. The lowest BCUT2D eigenvalue weighted by Crippen LogP contribution is -2.12. The number of unbranched alkanes of at least 4 members (excludes halogenated alkanes) is 1. The van der Waals surface area contributed by atoms with Gasteiger partial charge in [-0.25, -0.2) is 0 Å². The molecule has 0 saturated heterocycles. The fourth-order valence-corrected chi connectivity index (χ4v) is 1.93. The molecule has 0 aromatic carbocycles. The van der Waals surface area contributed by atoms with Gasteiger partial charge in [-0.1, -0.05) is 6.07 Å². The normalized spacial score (nSPS) is 10.9. The maximum Gasteiger partial charge on any atom is 0.00452 e. The number of rotatable bonds is 5. The molecule has 0 aliphatic carbocycles. The van der Waals surface area contributed by atoms with Gasteiger partial charge in [0.15, 0.2) is 0 Å². The van der Waals surface area contributed by atoms with E-state index in [2.05, 4.69) is 36.5 Å². The van der Waals surface area contributed by atoms with Crippen LogP contribution >= 0.6 is 11.3 Å². The SMILES string of the molecule is CN(C)CCCCc1cccs1. The van der Waals surface area contributed by atoms with E-state index in [0.29, 0.717) is 0 Å². The molecule has 0 fully saturated rings. The van der Waals surface area contributed by atoms with Gasteiger partial charge in [0.2, 0.25) is 0 Å². The quantitative estimate of drug-likeness (QED) is 0.634. The third kappa shape index (κ3) is 3.88. The predicted molar refractivity (Wildman–Crippen MR) is 55.8 cm³/mol. The molecule has 68 valence electrons. The largest absolute Gasteiger partial charge is 0.309 e. The molecule has 1 heterocycles. The third-order valence-corrected chi connectivity index (χ3v) is 2.79. The van der Waals surface area contributed by atoms with E-state index in [0.717, 1.165) is 0 Å². The molecular formula is C10H17NS. The molecule has 0 aliphatic rings. The summed E-state index contributed by atoms with van der Waals surface area (Å²) in [5.74, 6) is 0. The fourth-order valence-electron chi connectivity index (χ4n) is 1.18. The van der Waals surface area contributed by atoms with Gasteiger partial charge in [0.1, 0.15) is 0 Å². The van der Waals surface area contributed by atoms with E-state index in [4.69, 9.17) is 0 Å². The smallest absolute Gasteiger partial charge is 0.00452 e. The van der Waals surface area contributed by atoms with Crippen LogP contribution in [0.25, 0.3) is 0 Å². The zero-order valence-corrected chi connectivity index (χ0v) is 8.73. The highest BCUT2D eigenvalue weighted by atomic mass is 32.1. The number of hydrogen-bond donors (Lipinski definition) is 0. The van der Waals surface area contributed by atoms with Crippen molar-refractivity contribution in [3.8, 4) is 0 Å². The Morgan fingerprint density at radius 2 is 2.17 bits per heavy atom. The number of aryl methyl sites for hydroxylation is 1. The summed E-state index contributed by atoms with van der Waals surface area (Å²) in [6.07, 6.45) is 3.88. The predicted octanol–water partition coefficient (Wildman–Crippen LogP) is 2.63. The maximum atomic E-state index is 2.24. The topological polar surface area (TPSA) is 3.24 Å². The standard InChI is InChI=1S/C10H17NS/c1-11(2)8-4-3-6-10-7-5-9-12-10/h5,7,9H,3-4,6,8H2,1-2H3. The number of nitrogens with zero attached hydrogens (tertiary/aromatic N) is 1. The first-order valence-electron chi connectivity index (χ1n) is 4.46. The molecule has 0 saturated carbocycles. The van der Waals surface area contributed by atoms with Crippen molar-refractivity contribution in [3.05, 3.63) is 22.4 Å². The molecule has 1 rings (SSSR count). The Kier molecular flexibility index (Phi) is 4.33.